The molecule has 1 atom stereocenters. The van der Waals surface area contributed by atoms with Crippen molar-refractivity contribution in [3.05, 3.63) is 0 Å². The van der Waals surface area contributed by atoms with E-state index in [2.05, 4.69) is 38.3 Å². The van der Waals surface area contributed by atoms with Crippen molar-refractivity contribution < 1.29 is 0 Å². The maximum atomic E-state index is 3.59. The number of hydrogen-bond acceptors (Lipinski definition) is 2. The van der Waals surface area contributed by atoms with Gasteiger partial charge in [0.1, 0.15) is 0 Å². The standard InChI is InChI=1S/C13H28N2/c1-5-12(4)15-9-8-14-10-13(6-7-13)11(2)3/h11-12,14-15H,5-10H2,1-4H3. The Balaban J connectivity index is 1.98. The maximum absolute atomic E-state index is 3.59. The second kappa shape index (κ2) is 5.86. The molecule has 2 nitrogen and oxygen atoms in total. The van der Waals surface area contributed by atoms with Gasteiger partial charge in [-0.3, -0.25) is 0 Å². The third-order valence-corrected chi connectivity index (χ3v) is 4.00. The molecule has 1 saturated carbocycles. The molecule has 0 heterocycles. The summed E-state index contributed by atoms with van der Waals surface area (Å²) in [6, 6.07) is 0.659. The van der Waals surface area contributed by atoms with Crippen molar-refractivity contribution >= 4 is 0 Å². The van der Waals surface area contributed by atoms with E-state index in [0.29, 0.717) is 11.5 Å². The van der Waals surface area contributed by atoms with Gasteiger partial charge in [-0.1, -0.05) is 20.8 Å². The number of hydrogen-bond donors (Lipinski definition) is 2. The fraction of sp³-hybridized carbons (Fsp3) is 1.00. The lowest BCUT2D eigenvalue weighted by Crippen LogP contribution is -2.36. The van der Waals surface area contributed by atoms with E-state index in [9.17, 15) is 0 Å². The van der Waals surface area contributed by atoms with Crippen LogP contribution in [0.4, 0.5) is 0 Å². The molecule has 0 aromatic carbocycles. The van der Waals surface area contributed by atoms with Gasteiger partial charge in [-0.05, 0) is 37.5 Å². The Morgan fingerprint density at radius 1 is 1.13 bits per heavy atom. The fourth-order valence-electron chi connectivity index (χ4n) is 2.01. The quantitative estimate of drug-likeness (QED) is 0.604. The molecule has 0 aliphatic heterocycles. The molecule has 2 heteroatoms. The lowest BCUT2D eigenvalue weighted by Gasteiger charge is -2.20. The Hall–Kier alpha value is -0.0800. The molecule has 1 fully saturated rings. The first-order valence-corrected chi connectivity index (χ1v) is 6.55. The molecule has 0 aromatic heterocycles. The molecule has 1 rings (SSSR count). The molecule has 0 saturated heterocycles. The van der Waals surface area contributed by atoms with Crippen LogP contribution in [0.25, 0.3) is 0 Å². The highest BCUT2D eigenvalue weighted by molar-refractivity contribution is 4.96. The van der Waals surface area contributed by atoms with E-state index in [1.807, 2.05) is 0 Å². The van der Waals surface area contributed by atoms with E-state index in [4.69, 9.17) is 0 Å². The van der Waals surface area contributed by atoms with Gasteiger partial charge in [-0.25, -0.2) is 0 Å². The number of rotatable bonds is 8. The van der Waals surface area contributed by atoms with Gasteiger partial charge < -0.3 is 10.6 Å². The average Bonchev–Trinajstić information content (AvgIpc) is 2.98. The highest BCUT2D eigenvalue weighted by atomic mass is 15.0. The van der Waals surface area contributed by atoms with Gasteiger partial charge >= 0.3 is 0 Å². The van der Waals surface area contributed by atoms with Gasteiger partial charge in [0.05, 0.1) is 0 Å². The van der Waals surface area contributed by atoms with Crippen molar-refractivity contribution in [1.29, 1.82) is 0 Å². The molecule has 0 bridgehead atoms. The highest BCUT2D eigenvalue weighted by Gasteiger charge is 2.44. The van der Waals surface area contributed by atoms with Gasteiger partial charge in [0.15, 0.2) is 0 Å². The normalized spacial score (nSPS) is 20.6. The molecule has 1 aliphatic carbocycles. The predicted molar refractivity (Wildman–Crippen MR) is 67.1 cm³/mol. The lowest BCUT2D eigenvalue weighted by molar-refractivity contribution is 0.337. The van der Waals surface area contributed by atoms with Crippen molar-refractivity contribution in [3.8, 4) is 0 Å². The minimum atomic E-state index is 0.649. The third kappa shape index (κ3) is 4.12. The van der Waals surface area contributed by atoms with Crippen LogP contribution in [-0.2, 0) is 0 Å². The van der Waals surface area contributed by atoms with Crippen LogP contribution in [0.1, 0.15) is 47.0 Å². The monoisotopic (exact) mass is 212 g/mol. The van der Waals surface area contributed by atoms with Crippen LogP contribution >= 0.6 is 0 Å². The van der Waals surface area contributed by atoms with E-state index in [0.717, 1.165) is 19.0 Å². The summed E-state index contributed by atoms with van der Waals surface area (Å²) < 4.78 is 0. The van der Waals surface area contributed by atoms with Crippen molar-refractivity contribution in [2.24, 2.45) is 11.3 Å². The molecule has 0 radical (unpaired) electrons. The summed E-state index contributed by atoms with van der Waals surface area (Å²) in [5, 5.41) is 7.09. The van der Waals surface area contributed by atoms with Gasteiger partial charge in [0.25, 0.3) is 0 Å². The minimum absolute atomic E-state index is 0.649. The SMILES string of the molecule is CCC(C)NCCNCC1(C(C)C)CC1. The van der Waals surface area contributed by atoms with Crippen molar-refractivity contribution in [2.45, 2.75) is 53.0 Å². The summed E-state index contributed by atoms with van der Waals surface area (Å²) in [7, 11) is 0. The predicted octanol–water partition coefficient (Wildman–Crippen LogP) is 2.40. The van der Waals surface area contributed by atoms with Gasteiger partial charge in [-0.15, -0.1) is 0 Å². The zero-order chi connectivity index (χ0) is 11.3. The van der Waals surface area contributed by atoms with Crippen LogP contribution in [0.15, 0.2) is 0 Å². The molecule has 1 unspecified atom stereocenters. The Kier molecular flexibility index (Phi) is 5.07. The Morgan fingerprint density at radius 2 is 1.80 bits per heavy atom. The van der Waals surface area contributed by atoms with Crippen LogP contribution in [0.2, 0.25) is 0 Å². The third-order valence-electron chi connectivity index (χ3n) is 4.00. The average molecular weight is 212 g/mol. The molecule has 2 N–H and O–H groups in total. The Bertz CT molecular complexity index is 173. The molecule has 1 aliphatic rings. The summed E-state index contributed by atoms with van der Waals surface area (Å²) in [5.41, 5.74) is 0.649. The van der Waals surface area contributed by atoms with E-state index in [-0.39, 0.29) is 0 Å². The molecular formula is C13H28N2. The zero-order valence-corrected chi connectivity index (χ0v) is 10.9. The van der Waals surface area contributed by atoms with Crippen molar-refractivity contribution in [1.82, 2.24) is 10.6 Å². The summed E-state index contributed by atoms with van der Waals surface area (Å²) >= 11 is 0. The first kappa shape index (κ1) is 13.0. The Morgan fingerprint density at radius 3 is 2.27 bits per heavy atom. The van der Waals surface area contributed by atoms with Gasteiger partial charge in [0, 0.05) is 25.7 Å². The van der Waals surface area contributed by atoms with Crippen LogP contribution < -0.4 is 10.6 Å². The molecule has 15 heavy (non-hydrogen) atoms. The lowest BCUT2D eigenvalue weighted by atomic mass is 9.92. The van der Waals surface area contributed by atoms with Crippen LogP contribution in [0.3, 0.4) is 0 Å². The zero-order valence-electron chi connectivity index (χ0n) is 10.9. The van der Waals surface area contributed by atoms with Crippen molar-refractivity contribution in [2.75, 3.05) is 19.6 Å². The molecule has 0 amide bonds. The van der Waals surface area contributed by atoms with Gasteiger partial charge in [0.2, 0.25) is 0 Å². The smallest absolute Gasteiger partial charge is 0.00792 e. The van der Waals surface area contributed by atoms with Gasteiger partial charge in [-0.2, -0.15) is 0 Å². The van der Waals surface area contributed by atoms with Crippen molar-refractivity contribution in [3.63, 3.8) is 0 Å². The first-order chi connectivity index (χ1) is 7.10. The number of nitrogens with one attached hydrogen (secondary N) is 2. The first-order valence-electron chi connectivity index (χ1n) is 6.55. The molecule has 90 valence electrons. The summed E-state index contributed by atoms with van der Waals surface area (Å²) in [4.78, 5) is 0. The maximum Gasteiger partial charge on any atom is 0.00792 e. The van der Waals surface area contributed by atoms with E-state index >= 15 is 0 Å². The van der Waals surface area contributed by atoms with E-state index in [1.165, 1.54) is 25.8 Å². The summed E-state index contributed by atoms with van der Waals surface area (Å²) in [5.74, 6) is 0.840. The van der Waals surface area contributed by atoms with Crippen LogP contribution in [-0.4, -0.2) is 25.7 Å². The fourth-order valence-corrected chi connectivity index (χ4v) is 2.01. The Labute approximate surface area is 95.2 Å². The molecule has 0 aromatic rings. The van der Waals surface area contributed by atoms with Crippen LogP contribution in [0.5, 0.6) is 0 Å². The summed E-state index contributed by atoms with van der Waals surface area (Å²) in [6.45, 7) is 12.6. The van der Waals surface area contributed by atoms with E-state index in [1.54, 1.807) is 0 Å². The second-order valence-corrected chi connectivity index (χ2v) is 5.46. The van der Waals surface area contributed by atoms with Crippen LogP contribution in [0, 0.1) is 11.3 Å². The minimum Gasteiger partial charge on any atom is -0.315 e. The topological polar surface area (TPSA) is 24.1 Å². The second-order valence-electron chi connectivity index (χ2n) is 5.46. The highest BCUT2D eigenvalue weighted by Crippen LogP contribution is 2.51. The molecular weight excluding hydrogens is 184 g/mol. The summed E-state index contributed by atoms with van der Waals surface area (Å²) in [6.07, 6.45) is 4.07. The van der Waals surface area contributed by atoms with E-state index < -0.39 is 0 Å². The molecule has 0 spiro atoms. The largest absolute Gasteiger partial charge is 0.315 e.